The number of unbranched alkanes of at least 4 members (excludes halogenated alkanes) is 11. The van der Waals surface area contributed by atoms with Crippen LogP contribution in [0.3, 0.4) is 0 Å². The highest BCUT2D eigenvalue weighted by atomic mass is 31.2. The minimum absolute atomic E-state index is 0.0203. The molecule has 0 heterocycles. The van der Waals surface area contributed by atoms with Crippen molar-refractivity contribution in [2.45, 2.75) is 161 Å². The minimum Gasteiger partial charge on any atom is -0.462 e. The molecule has 0 bridgehead atoms. The molecule has 0 aromatic rings. The predicted molar refractivity (Wildman–Crippen MR) is 242 cm³/mol. The zero-order valence-electron chi connectivity index (χ0n) is 37.2. The fourth-order valence-electron chi connectivity index (χ4n) is 5.41. The number of ether oxygens (including phenoxy) is 2. The van der Waals surface area contributed by atoms with Crippen LogP contribution in [0.25, 0.3) is 0 Å². The van der Waals surface area contributed by atoms with Gasteiger partial charge in [0, 0.05) is 12.8 Å². The molecule has 0 spiro atoms. The fraction of sp³-hybridized carbons (Fsp3) is 0.667. The highest BCUT2D eigenvalue weighted by Crippen LogP contribution is 2.43. The maximum absolute atomic E-state index is 12.7. The second kappa shape index (κ2) is 39.6. The number of carbonyl (C=O) groups excluding carboxylic acids is 2. The van der Waals surface area contributed by atoms with Crippen LogP contribution >= 0.6 is 7.82 Å². The van der Waals surface area contributed by atoms with E-state index in [0.717, 1.165) is 109 Å². The Labute approximate surface area is 354 Å². The molecule has 0 radical (unpaired) electrons. The van der Waals surface area contributed by atoms with E-state index in [1.165, 1.54) is 12.8 Å². The third-order valence-electron chi connectivity index (χ3n) is 8.91. The van der Waals surface area contributed by atoms with Gasteiger partial charge in [-0.15, -0.1) is 0 Å². The second-order valence-corrected chi connectivity index (χ2v) is 17.1. The summed E-state index contributed by atoms with van der Waals surface area (Å²) in [5.74, 6) is -0.848. The predicted octanol–water partition coefficient (Wildman–Crippen LogP) is 12.8. The van der Waals surface area contributed by atoms with Crippen LogP contribution < -0.4 is 0 Å². The number of nitrogens with zero attached hydrogens (tertiary/aromatic N) is 1. The topological polar surface area (TPSA) is 108 Å². The van der Waals surface area contributed by atoms with Crippen LogP contribution in [0.15, 0.2) is 85.1 Å². The molecule has 0 saturated carbocycles. The Morgan fingerprint density at radius 3 is 1.48 bits per heavy atom. The van der Waals surface area contributed by atoms with Crippen LogP contribution in [0.2, 0.25) is 0 Å². The maximum atomic E-state index is 12.7. The highest BCUT2D eigenvalue weighted by Gasteiger charge is 2.27. The van der Waals surface area contributed by atoms with Gasteiger partial charge in [0.2, 0.25) is 0 Å². The molecule has 0 amide bonds. The number of likely N-dealkylation sites (N-methyl/N-ethyl adjacent to an activating group) is 1. The number of allylic oxidation sites excluding steroid dienone is 14. The van der Waals surface area contributed by atoms with Crippen LogP contribution in [-0.2, 0) is 32.7 Å². The quantitative estimate of drug-likeness (QED) is 0.0214. The van der Waals surface area contributed by atoms with Crippen molar-refractivity contribution in [3.8, 4) is 0 Å². The van der Waals surface area contributed by atoms with Gasteiger partial charge in [-0.1, -0.05) is 144 Å². The molecule has 0 aliphatic heterocycles. The zero-order valence-corrected chi connectivity index (χ0v) is 38.1. The summed E-state index contributed by atoms with van der Waals surface area (Å²) in [7, 11) is 1.44. The van der Waals surface area contributed by atoms with Crippen molar-refractivity contribution in [1.29, 1.82) is 0 Å². The molecule has 10 heteroatoms. The summed E-state index contributed by atoms with van der Waals surface area (Å²) in [4.78, 5) is 35.3. The van der Waals surface area contributed by atoms with E-state index in [2.05, 4.69) is 98.9 Å². The van der Waals surface area contributed by atoms with Crippen molar-refractivity contribution in [2.24, 2.45) is 0 Å². The van der Waals surface area contributed by atoms with Gasteiger partial charge in [0.1, 0.15) is 19.8 Å². The molecule has 332 valence electrons. The summed E-state index contributed by atoms with van der Waals surface area (Å²) in [5.41, 5.74) is 0. The third kappa shape index (κ3) is 42.8. The molecule has 0 rings (SSSR count). The molecule has 0 aliphatic rings. The molecule has 1 N–H and O–H groups in total. The highest BCUT2D eigenvalue weighted by molar-refractivity contribution is 7.47. The first-order valence-electron chi connectivity index (χ1n) is 22.3. The molecule has 2 unspecified atom stereocenters. The number of esters is 2. The van der Waals surface area contributed by atoms with E-state index in [0.29, 0.717) is 17.4 Å². The largest absolute Gasteiger partial charge is 0.472 e. The Hall–Kier alpha value is -2.81. The lowest BCUT2D eigenvalue weighted by Crippen LogP contribution is -2.37. The first-order valence-corrected chi connectivity index (χ1v) is 23.8. The van der Waals surface area contributed by atoms with Crippen LogP contribution in [0.5, 0.6) is 0 Å². The minimum atomic E-state index is -4.39. The summed E-state index contributed by atoms with van der Waals surface area (Å²) in [6.07, 6.45) is 50.6. The maximum Gasteiger partial charge on any atom is 0.472 e. The van der Waals surface area contributed by atoms with Crippen molar-refractivity contribution in [3.05, 3.63) is 85.1 Å². The van der Waals surface area contributed by atoms with E-state index in [-0.39, 0.29) is 26.1 Å². The van der Waals surface area contributed by atoms with Crippen molar-refractivity contribution in [1.82, 2.24) is 0 Å². The van der Waals surface area contributed by atoms with E-state index < -0.39 is 32.5 Å². The number of quaternary nitrogens is 1. The van der Waals surface area contributed by atoms with Gasteiger partial charge in [0.25, 0.3) is 0 Å². The smallest absolute Gasteiger partial charge is 0.462 e. The molecule has 0 aliphatic carbocycles. The molecule has 58 heavy (non-hydrogen) atoms. The first kappa shape index (κ1) is 55.2. The lowest BCUT2D eigenvalue weighted by molar-refractivity contribution is -0.870. The number of hydrogen-bond acceptors (Lipinski definition) is 7. The summed E-state index contributed by atoms with van der Waals surface area (Å²) < 4.78 is 34.2. The second-order valence-electron chi connectivity index (χ2n) is 15.7. The average molecular weight is 833 g/mol. The van der Waals surface area contributed by atoms with Crippen molar-refractivity contribution in [3.63, 3.8) is 0 Å². The van der Waals surface area contributed by atoms with Crippen LogP contribution in [0, 0.1) is 0 Å². The number of phosphoric acid groups is 1. The summed E-state index contributed by atoms with van der Waals surface area (Å²) in [6.45, 7) is 4.20. The standard InChI is InChI=1S/C48H82NO8P/c1-6-8-10-12-14-16-18-19-20-21-22-23-24-25-26-27-28-29-31-33-35-37-39-41-48(51)57-46(45-56-58(52,53)55-43-42-49(3,4)5)44-54-47(50)40-38-36-34-32-30-17-15-13-11-9-7-2/h8,10,13-16,19-20,22-23,25-26,28-29,46H,6-7,9,11-12,17-18,21,24,27,30-45H2,1-5H3/p+1/b10-8-,15-13-,16-14-,20-19-,23-22-,26-25-,29-28-. The van der Waals surface area contributed by atoms with Crippen LogP contribution in [0.4, 0.5) is 0 Å². The average Bonchev–Trinajstić information content (AvgIpc) is 3.17. The van der Waals surface area contributed by atoms with Crippen molar-refractivity contribution >= 4 is 19.8 Å². The van der Waals surface area contributed by atoms with E-state index >= 15 is 0 Å². The number of hydrogen-bond donors (Lipinski definition) is 1. The Kier molecular flexibility index (Phi) is 37.7. The number of phosphoric ester groups is 1. The van der Waals surface area contributed by atoms with E-state index in [1.54, 1.807) is 0 Å². The zero-order chi connectivity index (χ0) is 42.8. The Bertz CT molecular complexity index is 1260. The Balaban J connectivity index is 4.39. The van der Waals surface area contributed by atoms with Gasteiger partial charge >= 0.3 is 19.8 Å². The molecule has 9 nitrogen and oxygen atoms in total. The monoisotopic (exact) mass is 833 g/mol. The van der Waals surface area contributed by atoms with E-state index in [1.807, 2.05) is 21.1 Å². The SMILES string of the molecule is CC/C=C\C/C=C\C/C=C\C/C=C\C/C=C\C/C=C\CCCCCCC(=O)OC(COC(=O)CCCCCCC/C=C\CCCC)COP(=O)(O)OCC[N+](C)(C)C. The molecule has 0 aromatic carbocycles. The van der Waals surface area contributed by atoms with Gasteiger partial charge in [-0.2, -0.15) is 0 Å². The van der Waals surface area contributed by atoms with Crippen molar-refractivity contribution in [2.75, 3.05) is 47.5 Å². The van der Waals surface area contributed by atoms with E-state index in [9.17, 15) is 19.0 Å². The van der Waals surface area contributed by atoms with E-state index in [4.69, 9.17) is 18.5 Å². The molecular weight excluding hydrogens is 750 g/mol. The van der Waals surface area contributed by atoms with Gasteiger partial charge in [-0.3, -0.25) is 18.6 Å². The van der Waals surface area contributed by atoms with Crippen LogP contribution in [-0.4, -0.2) is 74.9 Å². The van der Waals surface area contributed by atoms with Gasteiger partial charge in [-0.25, -0.2) is 4.57 Å². The molecule has 0 aromatic heterocycles. The molecule has 2 atom stereocenters. The Morgan fingerprint density at radius 2 is 0.983 bits per heavy atom. The molecular formula is C48H83NO8P+. The lowest BCUT2D eigenvalue weighted by atomic mass is 10.1. The molecule has 0 saturated heterocycles. The van der Waals surface area contributed by atoms with Gasteiger partial charge in [0.05, 0.1) is 27.7 Å². The van der Waals surface area contributed by atoms with Crippen LogP contribution in [0.1, 0.15) is 155 Å². The summed E-state index contributed by atoms with van der Waals surface area (Å²) >= 11 is 0. The fourth-order valence-corrected chi connectivity index (χ4v) is 6.15. The third-order valence-corrected chi connectivity index (χ3v) is 9.89. The van der Waals surface area contributed by atoms with Gasteiger partial charge < -0.3 is 18.9 Å². The number of carbonyl (C=O) groups is 2. The lowest BCUT2D eigenvalue weighted by Gasteiger charge is -2.24. The number of rotatable bonds is 39. The Morgan fingerprint density at radius 1 is 0.552 bits per heavy atom. The summed E-state index contributed by atoms with van der Waals surface area (Å²) in [5, 5.41) is 0. The van der Waals surface area contributed by atoms with Gasteiger partial charge in [0.15, 0.2) is 6.10 Å². The normalized spacial score (nSPS) is 14.4. The van der Waals surface area contributed by atoms with Crippen molar-refractivity contribution < 1.29 is 42.1 Å². The summed E-state index contributed by atoms with van der Waals surface area (Å²) in [6, 6.07) is 0. The van der Waals surface area contributed by atoms with Gasteiger partial charge in [-0.05, 0) is 83.5 Å². The molecule has 0 fully saturated rings. The first-order chi connectivity index (χ1) is 28.0.